The lowest BCUT2D eigenvalue weighted by Crippen LogP contribution is -2.25. The van der Waals surface area contributed by atoms with Gasteiger partial charge < -0.3 is 14.8 Å². The molecule has 0 bridgehead atoms. The molecule has 0 aliphatic carbocycles. The highest BCUT2D eigenvalue weighted by Gasteiger charge is 2.11. The van der Waals surface area contributed by atoms with Crippen molar-refractivity contribution in [2.24, 2.45) is 0 Å². The zero-order valence-corrected chi connectivity index (χ0v) is 17.6. The zero-order valence-electron chi connectivity index (χ0n) is 17.6. The summed E-state index contributed by atoms with van der Waals surface area (Å²) in [5, 5.41) is 3.03. The molecule has 0 radical (unpaired) electrons. The van der Waals surface area contributed by atoms with Crippen LogP contribution in [0.3, 0.4) is 0 Å². The number of nitrogens with zero attached hydrogens (tertiary/aromatic N) is 1. The maximum atomic E-state index is 12.4. The molecule has 1 fully saturated rings. The van der Waals surface area contributed by atoms with Crippen molar-refractivity contribution >= 4 is 5.91 Å². The smallest absolute Gasteiger partial charge is 0.224 e. The molecule has 1 N–H and O–H groups in total. The van der Waals surface area contributed by atoms with E-state index in [1.54, 1.807) is 20.3 Å². The summed E-state index contributed by atoms with van der Waals surface area (Å²) in [4.78, 5) is 15.0. The number of methoxy groups -OCH3 is 2. The van der Waals surface area contributed by atoms with Crippen LogP contribution in [0.2, 0.25) is 0 Å². The van der Waals surface area contributed by atoms with Gasteiger partial charge in [-0.25, -0.2) is 0 Å². The lowest BCUT2D eigenvalue weighted by atomic mass is 10.1. The van der Waals surface area contributed by atoms with Crippen LogP contribution < -0.4 is 14.8 Å². The Morgan fingerprint density at radius 2 is 1.72 bits per heavy atom. The second kappa shape index (κ2) is 10.9. The number of nitrogens with one attached hydrogen (secondary N) is 1. The van der Waals surface area contributed by atoms with E-state index in [0.29, 0.717) is 18.0 Å². The minimum atomic E-state index is -0.0219. The predicted octanol–water partition coefficient (Wildman–Crippen LogP) is 3.94. The second-order valence-electron chi connectivity index (χ2n) is 7.64. The van der Waals surface area contributed by atoms with Crippen LogP contribution in [0.1, 0.15) is 42.4 Å². The van der Waals surface area contributed by atoms with Gasteiger partial charge in [0.2, 0.25) is 5.91 Å². The predicted molar refractivity (Wildman–Crippen MR) is 115 cm³/mol. The molecule has 1 amide bonds. The van der Waals surface area contributed by atoms with Crippen LogP contribution in [-0.2, 0) is 24.3 Å². The van der Waals surface area contributed by atoms with E-state index in [-0.39, 0.29) is 12.3 Å². The number of hydrogen-bond acceptors (Lipinski definition) is 4. The van der Waals surface area contributed by atoms with Gasteiger partial charge in [0, 0.05) is 24.7 Å². The number of likely N-dealkylation sites (tertiary alicyclic amines) is 1. The van der Waals surface area contributed by atoms with Gasteiger partial charge in [-0.05, 0) is 43.1 Å². The Morgan fingerprint density at radius 3 is 2.45 bits per heavy atom. The molecule has 0 saturated carbocycles. The molecule has 0 atom stereocenters. The Labute approximate surface area is 174 Å². The van der Waals surface area contributed by atoms with Crippen molar-refractivity contribution in [3.8, 4) is 11.5 Å². The largest absolute Gasteiger partial charge is 0.497 e. The molecular weight excluding hydrogens is 364 g/mol. The first-order valence-electron chi connectivity index (χ1n) is 10.5. The highest BCUT2D eigenvalue weighted by Crippen LogP contribution is 2.25. The van der Waals surface area contributed by atoms with Gasteiger partial charge in [-0.3, -0.25) is 9.69 Å². The molecule has 3 rings (SSSR count). The van der Waals surface area contributed by atoms with E-state index in [2.05, 4.69) is 34.5 Å². The third-order valence-corrected chi connectivity index (χ3v) is 5.43. The number of carbonyl (C=O) groups excluding carboxylic acids is 1. The maximum absolute atomic E-state index is 12.4. The van der Waals surface area contributed by atoms with Crippen molar-refractivity contribution in [2.45, 2.75) is 45.2 Å². The van der Waals surface area contributed by atoms with Crippen molar-refractivity contribution in [3.63, 3.8) is 0 Å². The monoisotopic (exact) mass is 396 g/mol. The van der Waals surface area contributed by atoms with E-state index < -0.39 is 0 Å². The minimum absolute atomic E-state index is 0.0219. The fraction of sp³-hybridized carbons (Fsp3) is 0.458. The van der Waals surface area contributed by atoms with E-state index in [4.69, 9.17) is 9.47 Å². The van der Waals surface area contributed by atoms with E-state index in [1.165, 1.54) is 44.3 Å². The van der Waals surface area contributed by atoms with Crippen LogP contribution in [0.4, 0.5) is 0 Å². The van der Waals surface area contributed by atoms with Gasteiger partial charge in [-0.15, -0.1) is 0 Å². The molecule has 1 saturated heterocycles. The summed E-state index contributed by atoms with van der Waals surface area (Å²) in [5.41, 5.74) is 3.29. The number of rotatable bonds is 8. The van der Waals surface area contributed by atoms with Crippen molar-refractivity contribution in [1.29, 1.82) is 0 Å². The molecule has 2 aromatic carbocycles. The molecule has 1 aliphatic heterocycles. The molecule has 0 unspecified atom stereocenters. The summed E-state index contributed by atoms with van der Waals surface area (Å²) in [6, 6.07) is 14.1. The molecule has 0 spiro atoms. The van der Waals surface area contributed by atoms with Gasteiger partial charge in [0.25, 0.3) is 0 Å². The van der Waals surface area contributed by atoms with Crippen molar-refractivity contribution in [1.82, 2.24) is 10.2 Å². The first kappa shape index (κ1) is 21.2. The van der Waals surface area contributed by atoms with Gasteiger partial charge in [0.15, 0.2) is 0 Å². The minimum Gasteiger partial charge on any atom is -0.497 e. The summed E-state index contributed by atoms with van der Waals surface area (Å²) >= 11 is 0. The second-order valence-corrected chi connectivity index (χ2v) is 7.64. The Bertz CT molecular complexity index is 798. The number of carbonyl (C=O) groups is 1. The first-order valence-corrected chi connectivity index (χ1v) is 10.5. The highest BCUT2D eigenvalue weighted by atomic mass is 16.5. The Morgan fingerprint density at radius 1 is 0.966 bits per heavy atom. The van der Waals surface area contributed by atoms with Crippen LogP contribution in [0.5, 0.6) is 11.5 Å². The van der Waals surface area contributed by atoms with Crippen molar-refractivity contribution in [3.05, 3.63) is 59.2 Å². The molecule has 5 nitrogen and oxygen atoms in total. The summed E-state index contributed by atoms with van der Waals surface area (Å²) in [7, 11) is 3.22. The van der Waals surface area contributed by atoms with E-state index in [9.17, 15) is 4.79 Å². The van der Waals surface area contributed by atoms with E-state index in [0.717, 1.165) is 17.7 Å². The molecule has 5 heteroatoms. The molecule has 156 valence electrons. The molecule has 0 aromatic heterocycles. The molecular formula is C24H32N2O3. The summed E-state index contributed by atoms with van der Waals surface area (Å²) in [6.45, 7) is 3.89. The Balaban J connectivity index is 1.53. The topological polar surface area (TPSA) is 50.8 Å². The maximum Gasteiger partial charge on any atom is 0.224 e. The number of hydrogen-bond donors (Lipinski definition) is 1. The third-order valence-electron chi connectivity index (χ3n) is 5.43. The van der Waals surface area contributed by atoms with Crippen molar-refractivity contribution in [2.75, 3.05) is 27.3 Å². The standard InChI is InChI=1S/C24H32N2O3/c1-28-22-11-10-21(23(16-22)29-2)15-24(27)25-17-19-8-7-9-20(14-19)18-26-12-5-3-4-6-13-26/h7-11,14,16H,3-6,12-13,15,17-18H2,1-2H3,(H,25,27). The fourth-order valence-electron chi connectivity index (χ4n) is 3.82. The van der Waals surface area contributed by atoms with Gasteiger partial charge >= 0.3 is 0 Å². The fourth-order valence-corrected chi connectivity index (χ4v) is 3.82. The van der Waals surface area contributed by atoms with Crippen molar-refractivity contribution < 1.29 is 14.3 Å². The Hall–Kier alpha value is -2.53. The van der Waals surface area contributed by atoms with E-state index >= 15 is 0 Å². The molecule has 2 aromatic rings. The van der Waals surface area contributed by atoms with Gasteiger partial charge in [0.05, 0.1) is 20.6 Å². The van der Waals surface area contributed by atoms with Crippen LogP contribution in [0.25, 0.3) is 0 Å². The normalized spacial score (nSPS) is 14.8. The van der Waals surface area contributed by atoms with Crippen LogP contribution in [-0.4, -0.2) is 38.1 Å². The average Bonchev–Trinajstić information content (AvgIpc) is 3.01. The van der Waals surface area contributed by atoms with Crippen LogP contribution in [0.15, 0.2) is 42.5 Å². The molecule has 1 heterocycles. The Kier molecular flexibility index (Phi) is 7.94. The van der Waals surface area contributed by atoms with Gasteiger partial charge in [0.1, 0.15) is 11.5 Å². The average molecular weight is 397 g/mol. The highest BCUT2D eigenvalue weighted by molar-refractivity contribution is 5.79. The van der Waals surface area contributed by atoms with Crippen LogP contribution in [0, 0.1) is 0 Å². The number of benzene rings is 2. The van der Waals surface area contributed by atoms with Gasteiger partial charge in [-0.2, -0.15) is 0 Å². The molecule has 1 aliphatic rings. The quantitative estimate of drug-likeness (QED) is 0.734. The lowest BCUT2D eigenvalue weighted by Gasteiger charge is -2.20. The summed E-state index contributed by atoms with van der Waals surface area (Å²) < 4.78 is 10.6. The number of ether oxygens (including phenoxy) is 2. The summed E-state index contributed by atoms with van der Waals surface area (Å²) in [5.74, 6) is 1.36. The third kappa shape index (κ3) is 6.50. The zero-order chi connectivity index (χ0) is 20.5. The molecule has 29 heavy (non-hydrogen) atoms. The van der Waals surface area contributed by atoms with Crippen LogP contribution >= 0.6 is 0 Å². The SMILES string of the molecule is COc1ccc(CC(=O)NCc2cccc(CN3CCCCCC3)c2)c(OC)c1. The lowest BCUT2D eigenvalue weighted by molar-refractivity contribution is -0.120. The van der Waals surface area contributed by atoms with Gasteiger partial charge in [-0.1, -0.05) is 43.2 Å². The first-order chi connectivity index (χ1) is 14.2. The van der Waals surface area contributed by atoms with E-state index in [1.807, 2.05) is 12.1 Å². The summed E-state index contributed by atoms with van der Waals surface area (Å²) in [6.07, 6.45) is 5.57. The number of amides is 1.